The van der Waals surface area contributed by atoms with Crippen molar-refractivity contribution in [2.24, 2.45) is 0 Å². The first kappa shape index (κ1) is 20.2. The van der Waals surface area contributed by atoms with Crippen molar-refractivity contribution in [3.05, 3.63) is 66.2 Å². The molecule has 1 unspecified atom stereocenters. The minimum absolute atomic E-state index is 0.0193. The van der Waals surface area contributed by atoms with Crippen LogP contribution in [0.3, 0.4) is 0 Å². The van der Waals surface area contributed by atoms with Gasteiger partial charge in [-0.3, -0.25) is 4.79 Å². The summed E-state index contributed by atoms with van der Waals surface area (Å²) in [5.74, 6) is 0.926. The molecule has 4 rings (SSSR count). The zero-order valence-corrected chi connectivity index (χ0v) is 17.4. The van der Waals surface area contributed by atoms with Crippen LogP contribution in [0.1, 0.15) is 18.0 Å². The molecule has 0 saturated carbocycles. The molecule has 7 nitrogen and oxygen atoms in total. The van der Waals surface area contributed by atoms with Crippen molar-refractivity contribution in [1.82, 2.24) is 9.78 Å². The van der Waals surface area contributed by atoms with Crippen molar-refractivity contribution in [3.63, 3.8) is 0 Å². The highest BCUT2D eigenvalue weighted by Gasteiger charge is 2.31. The highest BCUT2D eigenvalue weighted by Crippen LogP contribution is 2.30. The number of nitrogens with zero attached hydrogens (tertiary/aromatic N) is 2. The van der Waals surface area contributed by atoms with Gasteiger partial charge in [0.15, 0.2) is 16.4 Å². The second kappa shape index (κ2) is 8.31. The number of aryl methyl sites for hydroxylation is 1. The van der Waals surface area contributed by atoms with Crippen LogP contribution in [0, 0.1) is 6.92 Å². The van der Waals surface area contributed by atoms with Gasteiger partial charge < -0.3 is 10.1 Å². The summed E-state index contributed by atoms with van der Waals surface area (Å²) >= 11 is 0. The number of amides is 1. The molecule has 1 aliphatic rings. The van der Waals surface area contributed by atoms with Gasteiger partial charge in [0.2, 0.25) is 0 Å². The Kier molecular flexibility index (Phi) is 5.59. The van der Waals surface area contributed by atoms with Gasteiger partial charge in [-0.15, -0.1) is 0 Å². The molecular formula is C22H23N3O4S. The Bertz CT molecular complexity index is 1160. The second-order valence-electron chi connectivity index (χ2n) is 7.38. The van der Waals surface area contributed by atoms with Crippen LogP contribution in [0.5, 0.6) is 5.75 Å². The van der Waals surface area contributed by atoms with Crippen LogP contribution >= 0.6 is 0 Å². The second-order valence-corrected chi connectivity index (χ2v) is 9.61. The number of hydrogen-bond acceptors (Lipinski definition) is 5. The molecule has 156 valence electrons. The first-order valence-electron chi connectivity index (χ1n) is 9.75. The number of nitrogens with one attached hydrogen (secondary N) is 1. The normalized spacial score (nSPS) is 17.6. The van der Waals surface area contributed by atoms with E-state index in [1.807, 2.05) is 61.5 Å². The Balaban J connectivity index is 1.55. The summed E-state index contributed by atoms with van der Waals surface area (Å²) in [6.07, 6.45) is 0.473. The maximum atomic E-state index is 12.5. The maximum absolute atomic E-state index is 12.5. The average Bonchev–Trinajstić information content (AvgIpc) is 3.31. The van der Waals surface area contributed by atoms with Crippen LogP contribution < -0.4 is 10.1 Å². The highest BCUT2D eigenvalue weighted by atomic mass is 32.2. The molecule has 0 aliphatic carbocycles. The monoisotopic (exact) mass is 425 g/mol. The van der Waals surface area contributed by atoms with Crippen molar-refractivity contribution in [1.29, 1.82) is 0 Å². The van der Waals surface area contributed by atoms with Gasteiger partial charge in [-0.25, -0.2) is 13.1 Å². The molecule has 8 heteroatoms. The molecule has 1 aromatic heterocycles. The Morgan fingerprint density at radius 3 is 2.60 bits per heavy atom. The molecule has 1 amide bonds. The molecule has 0 spiro atoms. The van der Waals surface area contributed by atoms with Gasteiger partial charge in [0.05, 0.1) is 23.2 Å². The van der Waals surface area contributed by atoms with E-state index in [1.165, 1.54) is 0 Å². The van der Waals surface area contributed by atoms with Crippen LogP contribution in [-0.2, 0) is 14.6 Å². The van der Waals surface area contributed by atoms with E-state index in [-0.39, 0.29) is 30.1 Å². The summed E-state index contributed by atoms with van der Waals surface area (Å²) in [6.45, 7) is 1.76. The van der Waals surface area contributed by atoms with Crippen LogP contribution in [0.15, 0.2) is 60.7 Å². The van der Waals surface area contributed by atoms with Crippen molar-refractivity contribution in [2.75, 3.05) is 23.4 Å². The largest absolute Gasteiger partial charge is 0.483 e. The first-order chi connectivity index (χ1) is 14.4. The van der Waals surface area contributed by atoms with E-state index >= 15 is 0 Å². The highest BCUT2D eigenvalue weighted by molar-refractivity contribution is 7.91. The molecule has 2 heterocycles. The van der Waals surface area contributed by atoms with Crippen molar-refractivity contribution < 1.29 is 17.9 Å². The number of carbonyl (C=O) groups is 1. The van der Waals surface area contributed by atoms with E-state index in [2.05, 4.69) is 10.4 Å². The molecule has 1 saturated heterocycles. The third kappa shape index (κ3) is 4.54. The molecule has 30 heavy (non-hydrogen) atoms. The van der Waals surface area contributed by atoms with Crippen molar-refractivity contribution in [2.45, 2.75) is 19.4 Å². The van der Waals surface area contributed by atoms with E-state index in [0.29, 0.717) is 23.7 Å². The smallest absolute Gasteiger partial charge is 0.263 e. The summed E-state index contributed by atoms with van der Waals surface area (Å²) in [7, 11) is -3.09. The molecule has 1 aliphatic heterocycles. The molecular weight excluding hydrogens is 402 g/mol. The minimum atomic E-state index is -3.09. The lowest BCUT2D eigenvalue weighted by Crippen LogP contribution is -2.24. The fourth-order valence-electron chi connectivity index (χ4n) is 3.52. The zero-order chi connectivity index (χ0) is 21.1. The van der Waals surface area contributed by atoms with Crippen LogP contribution in [0.4, 0.5) is 5.82 Å². The van der Waals surface area contributed by atoms with E-state index in [0.717, 1.165) is 11.1 Å². The van der Waals surface area contributed by atoms with Gasteiger partial charge in [0, 0.05) is 11.6 Å². The minimum Gasteiger partial charge on any atom is -0.483 e. The van der Waals surface area contributed by atoms with Crippen molar-refractivity contribution >= 4 is 21.6 Å². The number of ether oxygens (including phenoxy) is 1. The molecule has 1 fully saturated rings. The van der Waals surface area contributed by atoms with Crippen molar-refractivity contribution in [3.8, 4) is 17.0 Å². The topological polar surface area (TPSA) is 90.3 Å². The molecule has 1 N–H and O–H groups in total. The molecule has 1 atom stereocenters. The quantitative estimate of drug-likeness (QED) is 0.655. The predicted octanol–water partition coefficient (Wildman–Crippen LogP) is 3.24. The maximum Gasteiger partial charge on any atom is 0.263 e. The number of hydrogen-bond donors (Lipinski definition) is 1. The molecule has 3 aromatic rings. The number of carbonyl (C=O) groups excluding carboxylic acids is 1. The third-order valence-electron chi connectivity index (χ3n) is 5.08. The SMILES string of the molecule is Cc1ccccc1OCC(=O)Nc1cc(-c2ccccc2)nn1C1CCS(=O)(=O)C1. The summed E-state index contributed by atoms with van der Waals surface area (Å²) in [4.78, 5) is 12.5. The molecule has 0 bridgehead atoms. The van der Waals surface area contributed by atoms with Crippen LogP contribution in [-0.4, -0.2) is 42.2 Å². The number of anilines is 1. The zero-order valence-electron chi connectivity index (χ0n) is 16.6. The standard InChI is InChI=1S/C22H23N3O4S/c1-16-7-5-6-10-20(16)29-14-22(26)23-21-13-19(17-8-3-2-4-9-17)24-25(21)18-11-12-30(27,28)15-18/h2-10,13,18H,11-12,14-15H2,1H3,(H,23,26). The average molecular weight is 426 g/mol. The van der Waals surface area contributed by atoms with Gasteiger partial charge in [0.1, 0.15) is 11.6 Å². The number of sulfone groups is 1. The number of rotatable bonds is 6. The lowest BCUT2D eigenvalue weighted by Gasteiger charge is -2.14. The molecule has 0 radical (unpaired) electrons. The molecule has 2 aromatic carbocycles. The van der Waals surface area contributed by atoms with Gasteiger partial charge >= 0.3 is 0 Å². The number of benzene rings is 2. The first-order valence-corrected chi connectivity index (χ1v) is 11.6. The predicted molar refractivity (Wildman–Crippen MR) is 115 cm³/mol. The third-order valence-corrected chi connectivity index (χ3v) is 6.83. The fraction of sp³-hybridized carbons (Fsp3) is 0.273. The van der Waals surface area contributed by atoms with Gasteiger partial charge in [-0.1, -0.05) is 48.5 Å². The summed E-state index contributed by atoms with van der Waals surface area (Å²) in [6, 6.07) is 18.5. The van der Waals surface area contributed by atoms with E-state index in [1.54, 1.807) is 10.7 Å². The Hall–Kier alpha value is -3.13. The Morgan fingerprint density at radius 2 is 1.90 bits per heavy atom. The summed E-state index contributed by atoms with van der Waals surface area (Å²) in [5.41, 5.74) is 2.51. The van der Waals surface area contributed by atoms with E-state index in [4.69, 9.17) is 4.74 Å². The van der Waals surface area contributed by atoms with Crippen LogP contribution in [0.25, 0.3) is 11.3 Å². The summed E-state index contributed by atoms with van der Waals surface area (Å²) in [5, 5.41) is 7.45. The van der Waals surface area contributed by atoms with E-state index in [9.17, 15) is 13.2 Å². The lowest BCUT2D eigenvalue weighted by atomic mass is 10.1. The summed E-state index contributed by atoms with van der Waals surface area (Å²) < 4.78 is 31.2. The van der Waals surface area contributed by atoms with Gasteiger partial charge in [-0.05, 0) is 25.0 Å². The van der Waals surface area contributed by atoms with Gasteiger partial charge in [-0.2, -0.15) is 5.10 Å². The number of para-hydroxylation sites is 1. The van der Waals surface area contributed by atoms with E-state index < -0.39 is 9.84 Å². The van der Waals surface area contributed by atoms with Crippen LogP contribution in [0.2, 0.25) is 0 Å². The lowest BCUT2D eigenvalue weighted by molar-refractivity contribution is -0.118. The Morgan fingerprint density at radius 1 is 1.17 bits per heavy atom. The fourth-order valence-corrected chi connectivity index (χ4v) is 5.22. The number of aromatic nitrogens is 2. The van der Waals surface area contributed by atoms with Gasteiger partial charge in [0.25, 0.3) is 5.91 Å². The Labute approximate surface area is 175 Å².